The molecule has 1 saturated heterocycles. The largest absolute Gasteiger partial charge is 0.504 e. The molecule has 1 unspecified atom stereocenters. The Labute approximate surface area is 220 Å². The fraction of sp³-hybridized carbons (Fsp3) is 0.560. The third kappa shape index (κ3) is 4.49. The highest BCUT2D eigenvalue weighted by Gasteiger charge is 2.72. The van der Waals surface area contributed by atoms with Crippen LogP contribution >= 0.6 is 0 Å². The molecule has 1 aromatic carbocycles. The second-order valence-corrected chi connectivity index (χ2v) is 10.2. The number of ether oxygens (including phenoxy) is 2. The molecule has 0 radical (unpaired) electrons. The van der Waals surface area contributed by atoms with Crippen LogP contribution in [0.2, 0.25) is 0 Å². The van der Waals surface area contributed by atoms with E-state index in [1.165, 1.54) is 13.8 Å². The Hall–Kier alpha value is -3.36. The first-order valence-corrected chi connectivity index (χ1v) is 12.2. The molecular formula is C25H29F3N2O9. The number of phenols is 1. The van der Waals surface area contributed by atoms with Gasteiger partial charge in [-0.15, -0.1) is 0 Å². The smallest absolute Gasteiger partial charge is 0.490 e. The zero-order valence-electron chi connectivity index (χ0n) is 21.3. The number of aliphatic hydroxyl groups is 2. The number of likely N-dealkylation sites (tertiary alicyclic amines) is 1. The molecule has 214 valence electrons. The van der Waals surface area contributed by atoms with Gasteiger partial charge in [0.05, 0.1) is 11.0 Å². The van der Waals surface area contributed by atoms with Crippen molar-refractivity contribution >= 4 is 17.8 Å². The maximum Gasteiger partial charge on any atom is 0.490 e. The minimum absolute atomic E-state index is 0.00417. The number of rotatable bonds is 4. The molecule has 2 bridgehead atoms. The van der Waals surface area contributed by atoms with Crippen molar-refractivity contribution < 1.29 is 57.5 Å². The molecule has 2 aliphatic carbocycles. The summed E-state index contributed by atoms with van der Waals surface area (Å²) >= 11 is 0. The summed E-state index contributed by atoms with van der Waals surface area (Å²) < 4.78 is 43.6. The minimum Gasteiger partial charge on any atom is -0.504 e. The van der Waals surface area contributed by atoms with Crippen molar-refractivity contribution in [2.75, 3.05) is 13.6 Å². The van der Waals surface area contributed by atoms with Crippen LogP contribution in [0.4, 0.5) is 13.2 Å². The van der Waals surface area contributed by atoms with Crippen molar-refractivity contribution in [3.8, 4) is 11.5 Å². The number of piperidine rings is 1. The highest BCUT2D eigenvalue weighted by atomic mass is 19.4. The average Bonchev–Trinajstić information content (AvgIpc) is 3.20. The summed E-state index contributed by atoms with van der Waals surface area (Å²) in [6.45, 7) is 3.51. The van der Waals surface area contributed by atoms with E-state index in [2.05, 4.69) is 10.2 Å². The van der Waals surface area contributed by atoms with Crippen molar-refractivity contribution in [1.29, 1.82) is 0 Å². The second-order valence-electron chi connectivity index (χ2n) is 10.2. The molecule has 5 rings (SSSR count). The van der Waals surface area contributed by atoms with Crippen molar-refractivity contribution in [3.63, 3.8) is 0 Å². The molecule has 4 aliphatic rings. The van der Waals surface area contributed by atoms with Gasteiger partial charge in [0.2, 0.25) is 5.91 Å². The molecule has 11 nitrogen and oxygen atoms in total. The monoisotopic (exact) mass is 558 g/mol. The van der Waals surface area contributed by atoms with Crippen LogP contribution in [0.15, 0.2) is 24.0 Å². The highest BCUT2D eigenvalue weighted by Crippen LogP contribution is 2.65. The lowest BCUT2D eigenvalue weighted by Crippen LogP contribution is -2.74. The van der Waals surface area contributed by atoms with E-state index in [1.807, 2.05) is 13.1 Å². The van der Waals surface area contributed by atoms with Gasteiger partial charge in [-0.2, -0.15) is 13.2 Å². The quantitative estimate of drug-likeness (QED) is 0.333. The number of carboxylic acids is 1. The summed E-state index contributed by atoms with van der Waals surface area (Å²) in [7, 11) is 2.00. The van der Waals surface area contributed by atoms with Gasteiger partial charge in [0.15, 0.2) is 17.6 Å². The van der Waals surface area contributed by atoms with Gasteiger partial charge in [-0.25, -0.2) is 9.59 Å². The predicted octanol–water partition coefficient (Wildman–Crippen LogP) is 0.732. The first-order chi connectivity index (χ1) is 18.0. The average molecular weight is 559 g/mol. The van der Waals surface area contributed by atoms with Gasteiger partial charge < -0.3 is 40.1 Å². The zero-order valence-corrected chi connectivity index (χ0v) is 21.3. The number of carbonyl (C=O) groups is 3. The van der Waals surface area contributed by atoms with Gasteiger partial charge in [0.1, 0.15) is 17.9 Å². The van der Waals surface area contributed by atoms with Crippen molar-refractivity contribution in [1.82, 2.24) is 10.2 Å². The van der Waals surface area contributed by atoms with Crippen LogP contribution < -0.4 is 10.1 Å². The molecule has 2 aliphatic heterocycles. The van der Waals surface area contributed by atoms with Crippen LogP contribution in [0.5, 0.6) is 11.5 Å². The molecular weight excluding hydrogens is 529 g/mol. The topological polar surface area (TPSA) is 166 Å². The maximum absolute atomic E-state index is 12.7. The van der Waals surface area contributed by atoms with Crippen LogP contribution in [-0.4, -0.2) is 92.8 Å². The van der Waals surface area contributed by atoms with E-state index in [0.717, 1.165) is 17.7 Å². The normalized spacial score (nSPS) is 29.9. The van der Waals surface area contributed by atoms with E-state index in [-0.39, 0.29) is 24.0 Å². The summed E-state index contributed by atoms with van der Waals surface area (Å²) in [5, 5.41) is 41.5. The molecule has 5 N–H and O–H groups in total. The van der Waals surface area contributed by atoms with Crippen LogP contribution in [-0.2, 0) is 31.0 Å². The number of hydrogen-bond donors (Lipinski definition) is 5. The Morgan fingerprint density at radius 2 is 1.90 bits per heavy atom. The van der Waals surface area contributed by atoms with Crippen molar-refractivity contribution in [2.24, 2.45) is 0 Å². The fourth-order valence-corrected chi connectivity index (χ4v) is 6.03. The van der Waals surface area contributed by atoms with E-state index < -0.39 is 53.3 Å². The number of aliphatic hydroxyl groups excluding tert-OH is 1. The number of halogens is 3. The SMILES string of the molecule is C[C@H](O)C(=O)N[C@@H](C)C(=O)OC1=CC[C@]2(O)C3Cc4ccc(O)c5c4[C@@]2(CCN3C)[C@H]1O5.O=C(O)C(F)(F)F. The van der Waals surface area contributed by atoms with Crippen molar-refractivity contribution in [2.45, 2.75) is 74.6 Å². The van der Waals surface area contributed by atoms with Gasteiger partial charge in [-0.3, -0.25) is 4.79 Å². The number of carboxylic acid groups (broad SMARTS) is 1. The van der Waals surface area contributed by atoms with E-state index in [4.69, 9.17) is 19.4 Å². The molecule has 39 heavy (non-hydrogen) atoms. The minimum atomic E-state index is -5.08. The first-order valence-electron chi connectivity index (χ1n) is 12.2. The Morgan fingerprint density at radius 1 is 1.26 bits per heavy atom. The third-order valence-corrected chi connectivity index (χ3v) is 7.91. The molecule has 6 atom stereocenters. The van der Waals surface area contributed by atoms with Gasteiger partial charge in [-0.1, -0.05) is 6.07 Å². The summed E-state index contributed by atoms with van der Waals surface area (Å²) in [6.07, 6.45) is -3.94. The molecule has 0 aromatic heterocycles. The van der Waals surface area contributed by atoms with Gasteiger partial charge in [0, 0.05) is 18.0 Å². The maximum atomic E-state index is 12.7. The van der Waals surface area contributed by atoms with Gasteiger partial charge in [0.25, 0.3) is 0 Å². The number of benzene rings is 1. The summed E-state index contributed by atoms with van der Waals surface area (Å²) in [5.41, 5.74) is -0.153. The number of likely N-dealkylation sites (N-methyl/N-ethyl adjacent to an activating group) is 1. The van der Waals surface area contributed by atoms with E-state index in [1.54, 1.807) is 12.1 Å². The molecule has 1 aromatic rings. The number of amides is 1. The lowest BCUT2D eigenvalue weighted by Gasteiger charge is -2.61. The third-order valence-electron chi connectivity index (χ3n) is 7.91. The van der Waals surface area contributed by atoms with Crippen molar-refractivity contribution in [3.05, 3.63) is 35.1 Å². The molecule has 1 fully saturated rings. The molecule has 2 heterocycles. The number of nitrogens with zero attached hydrogens (tertiary/aromatic N) is 1. The first kappa shape index (κ1) is 28.6. The number of phenolic OH excluding ortho intramolecular Hbond substituents is 1. The number of aliphatic carboxylic acids is 1. The molecule has 1 amide bonds. The molecule has 0 saturated carbocycles. The molecule has 1 spiro atoms. The lowest BCUT2D eigenvalue weighted by molar-refractivity contribution is -0.192. The Kier molecular flexibility index (Phi) is 7.11. The number of nitrogens with one attached hydrogen (secondary N) is 1. The second kappa shape index (κ2) is 9.68. The van der Waals surface area contributed by atoms with Crippen LogP contribution in [0.3, 0.4) is 0 Å². The summed E-state index contributed by atoms with van der Waals surface area (Å²) in [4.78, 5) is 35.5. The number of alkyl halides is 3. The Balaban J connectivity index is 0.000000448. The molecule has 14 heteroatoms. The Bertz CT molecular complexity index is 1230. The number of esters is 1. The van der Waals surface area contributed by atoms with E-state index >= 15 is 0 Å². The van der Waals surface area contributed by atoms with Crippen LogP contribution in [0.25, 0.3) is 0 Å². The van der Waals surface area contributed by atoms with Gasteiger partial charge >= 0.3 is 18.1 Å². The number of hydrogen-bond acceptors (Lipinski definition) is 9. The summed E-state index contributed by atoms with van der Waals surface area (Å²) in [6, 6.07) is 2.36. The summed E-state index contributed by atoms with van der Waals surface area (Å²) in [5.74, 6) is -3.53. The highest BCUT2D eigenvalue weighted by molar-refractivity contribution is 5.86. The number of carbonyl (C=O) groups excluding carboxylic acids is 2. The van der Waals surface area contributed by atoms with Gasteiger partial charge in [-0.05, 0) is 58.0 Å². The van der Waals surface area contributed by atoms with Crippen LogP contribution in [0, 0.1) is 0 Å². The standard InChI is InChI=1S/C23H28N2O7.C2HF3O2/c1-11(24-20(28)12(2)26)21(29)31-15-6-7-23(30)16-10-13-4-5-14(27)18-17(13)22(23,19(15)32-18)8-9-25(16)3;3-2(4,5)1(6)7/h4-6,11-12,16,19,26-27,30H,7-10H2,1-3H3,(H,24,28);(H,6,7)/t11-,12-,16?,19-,22-,23-;/m0./s1. The van der Waals surface area contributed by atoms with Crippen LogP contribution in [0.1, 0.15) is 37.8 Å². The zero-order chi connectivity index (χ0) is 29.1. The Morgan fingerprint density at radius 3 is 2.49 bits per heavy atom. The predicted molar refractivity (Wildman–Crippen MR) is 126 cm³/mol. The lowest BCUT2D eigenvalue weighted by atomic mass is 9.50. The fourth-order valence-electron chi connectivity index (χ4n) is 6.03. The van der Waals surface area contributed by atoms with E-state index in [9.17, 15) is 38.1 Å². The number of aromatic hydroxyl groups is 1. The van der Waals surface area contributed by atoms with E-state index in [0.29, 0.717) is 18.6 Å².